The summed E-state index contributed by atoms with van der Waals surface area (Å²) in [4.78, 5) is 15.9. The monoisotopic (exact) mass is 111 g/mol. The predicted octanol–water partition coefficient (Wildman–Crippen LogP) is 0.184. The molecular weight excluding hydrogens is 104 g/mol. The molecule has 0 spiro atoms. The van der Waals surface area contributed by atoms with E-state index in [1.54, 1.807) is 0 Å². The standard InChI is InChI=1S/C2H7O3P/c1-2-6(3,4)5/h2H2,1H3,(H2,3,4,5)/i6+1. The van der Waals surface area contributed by atoms with Crippen LogP contribution in [0.15, 0.2) is 0 Å². The summed E-state index contributed by atoms with van der Waals surface area (Å²) in [5, 5.41) is 0. The highest BCUT2D eigenvalue weighted by molar-refractivity contribution is 7.51. The van der Waals surface area contributed by atoms with E-state index in [9.17, 15) is 4.57 Å². The van der Waals surface area contributed by atoms with Crippen molar-refractivity contribution in [3.8, 4) is 0 Å². The minimum atomic E-state index is -3.65. The second-order valence-corrected chi connectivity index (χ2v) is 2.94. The van der Waals surface area contributed by atoms with Crippen molar-refractivity contribution in [1.29, 1.82) is 0 Å². The minimum absolute atomic E-state index is 0.0625. The van der Waals surface area contributed by atoms with E-state index in [0.717, 1.165) is 0 Å². The average molecular weight is 111 g/mol. The Morgan fingerprint density at radius 3 is 1.83 bits per heavy atom. The maximum absolute atomic E-state index is 9.69. The molecular formula is C2H7O3P. The van der Waals surface area contributed by atoms with Gasteiger partial charge in [0.05, 0.1) is 0 Å². The maximum atomic E-state index is 9.69. The second kappa shape index (κ2) is 1.73. The molecule has 0 aliphatic carbocycles. The van der Waals surface area contributed by atoms with E-state index in [4.69, 9.17) is 9.79 Å². The lowest BCUT2D eigenvalue weighted by Crippen LogP contribution is -1.76. The zero-order valence-electron chi connectivity index (χ0n) is 3.46. The Balaban J connectivity index is 3.48. The van der Waals surface area contributed by atoms with Gasteiger partial charge in [-0.3, -0.25) is 4.57 Å². The van der Waals surface area contributed by atoms with Crippen LogP contribution in [0.2, 0.25) is 0 Å². The van der Waals surface area contributed by atoms with Crippen molar-refractivity contribution < 1.29 is 14.4 Å². The molecule has 0 heterocycles. The second-order valence-electron chi connectivity index (χ2n) is 0.981. The van der Waals surface area contributed by atoms with Crippen molar-refractivity contribution >= 4 is 7.60 Å². The van der Waals surface area contributed by atoms with Gasteiger partial charge in [0.25, 0.3) is 0 Å². The van der Waals surface area contributed by atoms with E-state index in [1.165, 1.54) is 6.92 Å². The first kappa shape index (κ1) is 6.15. The summed E-state index contributed by atoms with van der Waals surface area (Å²) in [6, 6.07) is 0. The molecule has 0 rings (SSSR count). The van der Waals surface area contributed by atoms with Crippen molar-refractivity contribution in [1.82, 2.24) is 0 Å². The van der Waals surface area contributed by atoms with Gasteiger partial charge in [0, 0.05) is 6.16 Å². The van der Waals surface area contributed by atoms with Gasteiger partial charge in [-0.15, -0.1) is 0 Å². The van der Waals surface area contributed by atoms with Gasteiger partial charge in [-0.25, -0.2) is 0 Å². The van der Waals surface area contributed by atoms with Crippen molar-refractivity contribution in [2.45, 2.75) is 6.92 Å². The molecule has 3 nitrogen and oxygen atoms in total. The van der Waals surface area contributed by atoms with Crippen LogP contribution in [-0.2, 0) is 4.57 Å². The first-order valence-corrected chi connectivity index (χ1v) is 3.40. The molecule has 0 saturated carbocycles. The van der Waals surface area contributed by atoms with Gasteiger partial charge in [-0.2, -0.15) is 0 Å². The van der Waals surface area contributed by atoms with Crippen LogP contribution in [-0.4, -0.2) is 15.9 Å². The quantitative estimate of drug-likeness (QED) is 0.474. The highest BCUT2D eigenvalue weighted by Gasteiger charge is 2.05. The van der Waals surface area contributed by atoms with Crippen LogP contribution in [0.3, 0.4) is 0 Å². The molecule has 6 heavy (non-hydrogen) atoms. The number of hydrogen-bond acceptors (Lipinski definition) is 1. The van der Waals surface area contributed by atoms with Crippen LogP contribution in [0.4, 0.5) is 0 Å². The van der Waals surface area contributed by atoms with Crippen LogP contribution in [0.25, 0.3) is 0 Å². The highest BCUT2D eigenvalue weighted by atomic mass is 32.2. The third-order valence-electron chi connectivity index (χ3n) is 0.412. The zero-order chi connectivity index (χ0) is 5.21. The molecule has 0 amide bonds. The molecule has 0 radical (unpaired) electrons. The molecule has 0 aliphatic heterocycles. The lowest BCUT2D eigenvalue weighted by Gasteiger charge is -1.92. The first-order valence-electron chi connectivity index (χ1n) is 1.61. The summed E-state index contributed by atoms with van der Waals surface area (Å²) in [7, 11) is -3.65. The smallest absolute Gasteiger partial charge is 0.324 e. The SMILES string of the molecule is CC[32P](=O)(O)O. The molecule has 0 atom stereocenters. The van der Waals surface area contributed by atoms with Gasteiger partial charge in [-0.1, -0.05) is 6.92 Å². The molecule has 0 bridgehead atoms. The molecule has 4 heteroatoms. The van der Waals surface area contributed by atoms with E-state index < -0.39 is 7.60 Å². The largest absolute Gasteiger partial charge is 0.325 e. The fraction of sp³-hybridized carbons (Fsp3) is 1.00. The summed E-state index contributed by atoms with van der Waals surface area (Å²) in [5.74, 6) is 0. The van der Waals surface area contributed by atoms with Crippen LogP contribution in [0, 0.1) is 0 Å². The topological polar surface area (TPSA) is 57.5 Å². The average Bonchev–Trinajstić information content (AvgIpc) is 1.35. The van der Waals surface area contributed by atoms with E-state index in [2.05, 4.69) is 0 Å². The Bertz CT molecular complexity index is 72.9. The zero-order valence-corrected chi connectivity index (χ0v) is 4.35. The molecule has 0 saturated heterocycles. The molecule has 0 aromatic heterocycles. The van der Waals surface area contributed by atoms with Crippen molar-refractivity contribution in [3.05, 3.63) is 0 Å². The predicted molar refractivity (Wildman–Crippen MR) is 22.6 cm³/mol. The van der Waals surface area contributed by atoms with Crippen molar-refractivity contribution in [2.24, 2.45) is 0 Å². The Morgan fingerprint density at radius 2 is 1.83 bits per heavy atom. The van der Waals surface area contributed by atoms with Crippen LogP contribution < -0.4 is 0 Å². The van der Waals surface area contributed by atoms with Gasteiger partial charge in [0.2, 0.25) is 0 Å². The van der Waals surface area contributed by atoms with Crippen molar-refractivity contribution in [3.63, 3.8) is 0 Å². The van der Waals surface area contributed by atoms with E-state index in [1.807, 2.05) is 0 Å². The van der Waals surface area contributed by atoms with E-state index >= 15 is 0 Å². The fourth-order valence-electron chi connectivity index (χ4n) is 0. The normalized spacial score (nSPS) is 11.8. The maximum Gasteiger partial charge on any atom is 0.325 e. The number of hydrogen-bond donors (Lipinski definition) is 2. The molecule has 38 valence electrons. The Morgan fingerprint density at radius 1 is 1.67 bits per heavy atom. The van der Waals surface area contributed by atoms with E-state index in [-0.39, 0.29) is 6.16 Å². The third-order valence-corrected chi connectivity index (χ3v) is 1.24. The van der Waals surface area contributed by atoms with Crippen LogP contribution in [0.5, 0.6) is 0 Å². The molecule has 0 aromatic carbocycles. The van der Waals surface area contributed by atoms with Crippen LogP contribution >= 0.6 is 7.60 Å². The molecule has 0 aliphatic rings. The Hall–Kier alpha value is 0.150. The minimum Gasteiger partial charge on any atom is -0.324 e. The van der Waals surface area contributed by atoms with Gasteiger partial charge < -0.3 is 9.79 Å². The number of rotatable bonds is 1. The molecule has 0 fully saturated rings. The van der Waals surface area contributed by atoms with Crippen molar-refractivity contribution in [2.75, 3.05) is 6.16 Å². The molecule has 0 unspecified atom stereocenters. The summed E-state index contributed by atoms with van der Waals surface area (Å²) in [6.45, 7) is 1.45. The lowest BCUT2D eigenvalue weighted by molar-refractivity contribution is 0.375. The van der Waals surface area contributed by atoms with Crippen LogP contribution in [0.1, 0.15) is 6.92 Å². The summed E-state index contributed by atoms with van der Waals surface area (Å²) in [6.07, 6.45) is -0.0625. The molecule has 2 N–H and O–H groups in total. The lowest BCUT2D eigenvalue weighted by atomic mass is 11.0. The van der Waals surface area contributed by atoms with Gasteiger partial charge in [0.1, 0.15) is 0 Å². The first-order chi connectivity index (χ1) is 2.56. The Kier molecular flexibility index (Phi) is 1.78. The highest BCUT2D eigenvalue weighted by Crippen LogP contribution is 2.32. The third kappa shape index (κ3) is 4.15. The van der Waals surface area contributed by atoms with Gasteiger partial charge in [0.15, 0.2) is 0 Å². The van der Waals surface area contributed by atoms with Gasteiger partial charge >= 0.3 is 7.60 Å². The summed E-state index contributed by atoms with van der Waals surface area (Å²) >= 11 is 0. The Labute approximate surface area is 36.2 Å². The van der Waals surface area contributed by atoms with Gasteiger partial charge in [-0.05, 0) is 0 Å². The summed E-state index contributed by atoms with van der Waals surface area (Å²) < 4.78 is 9.69. The summed E-state index contributed by atoms with van der Waals surface area (Å²) in [5.41, 5.74) is 0. The fourth-order valence-corrected chi connectivity index (χ4v) is 0. The van der Waals surface area contributed by atoms with E-state index in [0.29, 0.717) is 0 Å². The molecule has 0 aromatic rings.